The quantitative estimate of drug-likeness (QED) is 0.829. The molecule has 0 aliphatic carbocycles. The molecule has 1 aromatic carbocycles. The van der Waals surface area contributed by atoms with E-state index < -0.39 is 5.97 Å². The summed E-state index contributed by atoms with van der Waals surface area (Å²) in [5.74, 6) is -0.770. The van der Waals surface area contributed by atoms with Crippen molar-refractivity contribution >= 4 is 28.2 Å². The van der Waals surface area contributed by atoms with E-state index in [1.54, 1.807) is 12.3 Å². The van der Waals surface area contributed by atoms with Crippen molar-refractivity contribution in [1.82, 2.24) is 4.98 Å². The number of anilines is 2. The molecule has 1 aliphatic rings. The third-order valence-electron chi connectivity index (χ3n) is 4.03. The number of hydrogen-bond acceptors (Lipinski definition) is 4. The number of nitrogen functional groups attached to an aromatic ring is 1. The van der Waals surface area contributed by atoms with Gasteiger partial charge in [0.2, 0.25) is 0 Å². The standard InChI is InChI=1S/C15H16FN3O2/c16-11-1-2-12(17)13-10(11)3-6-18-14(13)19-7-4-9(5-8-19)15(20)21/h1-3,6,9H,4-5,7-8,17H2,(H,20,21). The average molecular weight is 289 g/mol. The van der Waals surface area contributed by atoms with E-state index >= 15 is 0 Å². The molecule has 6 heteroatoms. The van der Waals surface area contributed by atoms with Crippen LogP contribution in [0.25, 0.3) is 10.8 Å². The Morgan fingerprint density at radius 3 is 2.71 bits per heavy atom. The van der Waals surface area contributed by atoms with Crippen molar-refractivity contribution in [3.8, 4) is 0 Å². The predicted molar refractivity (Wildman–Crippen MR) is 78.7 cm³/mol. The van der Waals surface area contributed by atoms with Gasteiger partial charge in [-0.25, -0.2) is 9.37 Å². The molecule has 0 unspecified atom stereocenters. The highest BCUT2D eigenvalue weighted by Crippen LogP contribution is 2.33. The van der Waals surface area contributed by atoms with E-state index in [-0.39, 0.29) is 11.7 Å². The van der Waals surface area contributed by atoms with Crippen molar-refractivity contribution in [1.29, 1.82) is 0 Å². The Morgan fingerprint density at radius 2 is 2.05 bits per heavy atom. The minimum atomic E-state index is -0.758. The smallest absolute Gasteiger partial charge is 0.306 e. The molecule has 1 aromatic heterocycles. The first-order valence-electron chi connectivity index (χ1n) is 6.88. The molecule has 2 aromatic rings. The van der Waals surface area contributed by atoms with Gasteiger partial charge < -0.3 is 15.7 Å². The maximum Gasteiger partial charge on any atom is 0.306 e. The number of nitrogens with zero attached hydrogens (tertiary/aromatic N) is 2. The van der Waals surface area contributed by atoms with Gasteiger partial charge in [0.15, 0.2) is 0 Å². The molecular weight excluding hydrogens is 273 g/mol. The zero-order valence-corrected chi connectivity index (χ0v) is 11.4. The number of carbonyl (C=O) groups is 1. The zero-order chi connectivity index (χ0) is 15.0. The molecule has 1 saturated heterocycles. The highest BCUT2D eigenvalue weighted by atomic mass is 19.1. The lowest BCUT2D eigenvalue weighted by Gasteiger charge is -2.31. The first-order valence-corrected chi connectivity index (χ1v) is 6.88. The van der Waals surface area contributed by atoms with Crippen molar-refractivity contribution < 1.29 is 14.3 Å². The lowest BCUT2D eigenvalue weighted by atomic mass is 9.96. The minimum Gasteiger partial charge on any atom is -0.481 e. The van der Waals surface area contributed by atoms with Crippen molar-refractivity contribution in [3.63, 3.8) is 0 Å². The Hall–Kier alpha value is -2.37. The molecule has 0 spiro atoms. The molecule has 5 nitrogen and oxygen atoms in total. The third-order valence-corrected chi connectivity index (χ3v) is 4.03. The number of halogens is 1. The van der Waals surface area contributed by atoms with Crippen LogP contribution >= 0.6 is 0 Å². The summed E-state index contributed by atoms with van der Waals surface area (Å²) in [6, 6.07) is 4.49. The Balaban J connectivity index is 1.99. The molecule has 110 valence electrons. The number of benzene rings is 1. The van der Waals surface area contributed by atoms with Gasteiger partial charge in [-0.1, -0.05) is 0 Å². The summed E-state index contributed by atoms with van der Waals surface area (Å²) < 4.78 is 13.9. The number of fused-ring (bicyclic) bond motifs is 1. The Labute approximate surface area is 121 Å². The summed E-state index contributed by atoms with van der Waals surface area (Å²) in [5, 5.41) is 10.1. The third kappa shape index (κ3) is 2.37. The summed E-state index contributed by atoms with van der Waals surface area (Å²) in [4.78, 5) is 17.3. The largest absolute Gasteiger partial charge is 0.481 e. The predicted octanol–water partition coefficient (Wildman–Crippen LogP) is 2.26. The lowest BCUT2D eigenvalue weighted by Crippen LogP contribution is -2.36. The van der Waals surface area contributed by atoms with E-state index in [0.717, 1.165) is 0 Å². The maximum atomic E-state index is 13.9. The van der Waals surface area contributed by atoms with Gasteiger partial charge in [-0.3, -0.25) is 4.79 Å². The fourth-order valence-electron chi connectivity index (χ4n) is 2.85. The first-order chi connectivity index (χ1) is 10.1. The normalized spacial score (nSPS) is 16.3. The summed E-state index contributed by atoms with van der Waals surface area (Å²) in [6.45, 7) is 1.16. The second-order valence-electron chi connectivity index (χ2n) is 5.29. The SMILES string of the molecule is Nc1ccc(F)c2ccnc(N3CCC(C(=O)O)CC3)c12. The zero-order valence-electron chi connectivity index (χ0n) is 11.4. The van der Waals surface area contributed by atoms with Crippen LogP contribution in [0.1, 0.15) is 12.8 Å². The van der Waals surface area contributed by atoms with Gasteiger partial charge in [0, 0.05) is 30.4 Å². The van der Waals surface area contributed by atoms with Gasteiger partial charge in [0.1, 0.15) is 11.6 Å². The van der Waals surface area contributed by atoms with Crippen molar-refractivity contribution in [2.75, 3.05) is 23.7 Å². The Morgan fingerprint density at radius 1 is 1.33 bits per heavy atom. The van der Waals surface area contributed by atoms with Crippen molar-refractivity contribution in [2.45, 2.75) is 12.8 Å². The van der Waals surface area contributed by atoms with Gasteiger partial charge in [-0.15, -0.1) is 0 Å². The summed E-state index contributed by atoms with van der Waals surface area (Å²) in [6.07, 6.45) is 2.68. The fraction of sp³-hybridized carbons (Fsp3) is 0.333. The number of aliphatic carboxylic acids is 1. The van der Waals surface area contributed by atoms with Crippen LogP contribution in [0.4, 0.5) is 15.9 Å². The molecule has 3 rings (SSSR count). The molecule has 0 bridgehead atoms. The van der Waals surface area contributed by atoms with Crippen LogP contribution in [0.15, 0.2) is 24.4 Å². The number of aromatic nitrogens is 1. The molecule has 0 atom stereocenters. The number of nitrogens with two attached hydrogens (primary N) is 1. The summed E-state index contributed by atoms with van der Waals surface area (Å²) in [7, 11) is 0. The minimum absolute atomic E-state index is 0.315. The Bertz CT molecular complexity index is 697. The van der Waals surface area contributed by atoms with E-state index in [2.05, 4.69) is 4.98 Å². The van der Waals surface area contributed by atoms with Gasteiger partial charge in [0.05, 0.1) is 11.3 Å². The van der Waals surface area contributed by atoms with E-state index in [1.165, 1.54) is 12.1 Å². The number of hydrogen-bond donors (Lipinski definition) is 2. The van der Waals surface area contributed by atoms with E-state index in [0.29, 0.717) is 48.2 Å². The van der Waals surface area contributed by atoms with Gasteiger partial charge >= 0.3 is 5.97 Å². The summed E-state index contributed by atoms with van der Waals surface area (Å²) >= 11 is 0. The van der Waals surface area contributed by atoms with E-state index in [9.17, 15) is 9.18 Å². The second-order valence-corrected chi connectivity index (χ2v) is 5.29. The molecular formula is C15H16FN3O2. The Kier molecular flexibility index (Phi) is 3.37. The number of carboxylic acid groups (broad SMARTS) is 1. The number of piperidine rings is 1. The van der Waals surface area contributed by atoms with E-state index in [4.69, 9.17) is 10.8 Å². The van der Waals surface area contributed by atoms with Gasteiger partial charge in [0.25, 0.3) is 0 Å². The molecule has 21 heavy (non-hydrogen) atoms. The van der Waals surface area contributed by atoms with E-state index in [1.807, 2.05) is 4.90 Å². The molecule has 1 aliphatic heterocycles. The molecule has 2 heterocycles. The molecule has 0 amide bonds. The summed E-state index contributed by atoms with van der Waals surface area (Å²) in [5.41, 5.74) is 6.46. The molecule has 0 saturated carbocycles. The van der Waals surface area contributed by atoms with Crippen LogP contribution in [0.3, 0.4) is 0 Å². The van der Waals surface area contributed by atoms with Crippen LogP contribution < -0.4 is 10.6 Å². The van der Waals surface area contributed by atoms with Crippen molar-refractivity contribution in [2.24, 2.45) is 5.92 Å². The number of rotatable bonds is 2. The highest BCUT2D eigenvalue weighted by molar-refractivity contribution is 6.01. The lowest BCUT2D eigenvalue weighted by molar-refractivity contribution is -0.142. The fourth-order valence-corrected chi connectivity index (χ4v) is 2.85. The van der Waals surface area contributed by atoms with Crippen molar-refractivity contribution in [3.05, 3.63) is 30.2 Å². The van der Waals surface area contributed by atoms with Crippen LogP contribution in [0.5, 0.6) is 0 Å². The average Bonchev–Trinajstić information content (AvgIpc) is 2.50. The number of carboxylic acids is 1. The van der Waals surface area contributed by atoms with Gasteiger partial charge in [-0.05, 0) is 31.0 Å². The highest BCUT2D eigenvalue weighted by Gasteiger charge is 2.26. The topological polar surface area (TPSA) is 79.5 Å². The molecule has 3 N–H and O–H groups in total. The van der Waals surface area contributed by atoms with Crippen LogP contribution in [0, 0.1) is 11.7 Å². The van der Waals surface area contributed by atoms with Gasteiger partial charge in [-0.2, -0.15) is 0 Å². The van der Waals surface area contributed by atoms with Crippen LogP contribution in [-0.4, -0.2) is 29.1 Å². The monoisotopic (exact) mass is 289 g/mol. The second kappa shape index (κ2) is 5.20. The molecule has 1 fully saturated rings. The number of pyridine rings is 1. The maximum absolute atomic E-state index is 13.9. The molecule has 0 radical (unpaired) electrons. The first kappa shape index (κ1) is 13.6. The van der Waals surface area contributed by atoms with Crippen LogP contribution in [0.2, 0.25) is 0 Å². The van der Waals surface area contributed by atoms with Crippen LogP contribution in [-0.2, 0) is 4.79 Å².